The monoisotopic (exact) mass is 272 g/mol. The zero-order valence-electron chi connectivity index (χ0n) is 11.1. The maximum Gasteiger partial charge on any atom is 0.127 e. The first-order chi connectivity index (χ1) is 8.81. The normalized spacial score (nSPS) is 10.4. The van der Waals surface area contributed by atoms with Crippen LogP contribution in [0.25, 0.3) is 0 Å². The lowest BCUT2D eigenvalue weighted by molar-refractivity contribution is 0.110. The predicted octanol–water partition coefficient (Wildman–Crippen LogP) is 3.63. The minimum atomic E-state index is 0.429. The summed E-state index contributed by atoms with van der Waals surface area (Å²) in [5.74, 6) is 2.02. The molecule has 0 bridgehead atoms. The first-order valence-electron chi connectivity index (χ1n) is 6.34. The van der Waals surface area contributed by atoms with Gasteiger partial charge in [0.25, 0.3) is 0 Å². The van der Waals surface area contributed by atoms with Crippen LogP contribution in [0.15, 0.2) is 18.2 Å². The Balaban J connectivity index is 2.60. The molecule has 1 rings (SSSR count). The number of benzene rings is 1. The number of rotatable bonds is 9. The van der Waals surface area contributed by atoms with Gasteiger partial charge < -0.3 is 14.2 Å². The maximum atomic E-state index is 5.88. The van der Waals surface area contributed by atoms with E-state index in [2.05, 4.69) is 6.92 Å². The van der Waals surface area contributed by atoms with Crippen LogP contribution in [0.5, 0.6) is 11.5 Å². The summed E-state index contributed by atoms with van der Waals surface area (Å²) in [7, 11) is 0. The number of hydrogen-bond acceptors (Lipinski definition) is 3. The van der Waals surface area contributed by atoms with Crippen molar-refractivity contribution in [1.82, 2.24) is 0 Å². The minimum absolute atomic E-state index is 0.429. The molecule has 0 aliphatic heterocycles. The Bertz CT molecular complexity index is 342. The van der Waals surface area contributed by atoms with Crippen molar-refractivity contribution in [2.24, 2.45) is 0 Å². The van der Waals surface area contributed by atoms with Crippen molar-refractivity contribution in [2.45, 2.75) is 26.1 Å². The Hall–Kier alpha value is -0.930. The summed E-state index contributed by atoms with van der Waals surface area (Å²) in [5.41, 5.74) is 0.969. The Morgan fingerprint density at radius 3 is 2.56 bits per heavy atom. The lowest BCUT2D eigenvalue weighted by Gasteiger charge is -2.12. The molecule has 0 unspecified atom stereocenters. The molecule has 0 aliphatic rings. The molecule has 0 N–H and O–H groups in total. The van der Waals surface area contributed by atoms with Crippen molar-refractivity contribution >= 4 is 11.6 Å². The number of ether oxygens (including phenoxy) is 3. The average Bonchev–Trinajstić information content (AvgIpc) is 2.41. The van der Waals surface area contributed by atoms with E-state index in [1.54, 1.807) is 0 Å². The van der Waals surface area contributed by atoms with Crippen LogP contribution in [0, 0.1) is 0 Å². The van der Waals surface area contributed by atoms with Gasteiger partial charge in [0.2, 0.25) is 0 Å². The van der Waals surface area contributed by atoms with Gasteiger partial charge in [-0.05, 0) is 19.4 Å². The fraction of sp³-hybridized carbons (Fsp3) is 0.571. The minimum Gasteiger partial charge on any atom is -0.493 e. The first-order valence-corrected chi connectivity index (χ1v) is 6.87. The quantitative estimate of drug-likeness (QED) is 0.507. The summed E-state index contributed by atoms with van der Waals surface area (Å²) >= 11 is 5.88. The number of hydrogen-bond donors (Lipinski definition) is 0. The molecule has 0 saturated carbocycles. The third-order valence-electron chi connectivity index (χ3n) is 2.34. The molecule has 1 aromatic carbocycles. The van der Waals surface area contributed by atoms with Crippen molar-refractivity contribution in [3.63, 3.8) is 0 Å². The molecule has 0 amide bonds. The van der Waals surface area contributed by atoms with Crippen LogP contribution in [0.3, 0.4) is 0 Å². The van der Waals surface area contributed by atoms with Gasteiger partial charge in [-0.25, -0.2) is 0 Å². The van der Waals surface area contributed by atoms with Crippen LogP contribution in [-0.2, 0) is 10.6 Å². The summed E-state index contributed by atoms with van der Waals surface area (Å²) < 4.78 is 16.5. The second kappa shape index (κ2) is 9.06. The molecule has 0 spiro atoms. The Labute approximate surface area is 114 Å². The average molecular weight is 273 g/mol. The molecule has 4 heteroatoms. The van der Waals surface area contributed by atoms with Gasteiger partial charge in [0.1, 0.15) is 18.1 Å². The molecule has 0 aliphatic carbocycles. The van der Waals surface area contributed by atoms with E-state index >= 15 is 0 Å². The van der Waals surface area contributed by atoms with Crippen molar-refractivity contribution in [1.29, 1.82) is 0 Å². The molecule has 0 atom stereocenters. The molecule has 1 aromatic rings. The molecule has 0 saturated heterocycles. The molecular formula is C14H21ClO3. The van der Waals surface area contributed by atoms with E-state index in [-0.39, 0.29) is 0 Å². The standard InChI is InChI=1S/C14H21ClO3/c1-3-7-17-13-6-5-12(11-15)14(10-13)18-9-8-16-4-2/h5-6,10H,3-4,7-9,11H2,1-2H3. The van der Waals surface area contributed by atoms with E-state index in [1.165, 1.54) is 0 Å². The highest BCUT2D eigenvalue weighted by molar-refractivity contribution is 6.17. The van der Waals surface area contributed by atoms with Crippen LogP contribution in [0.1, 0.15) is 25.8 Å². The highest BCUT2D eigenvalue weighted by atomic mass is 35.5. The molecule has 18 heavy (non-hydrogen) atoms. The molecule has 0 fully saturated rings. The van der Waals surface area contributed by atoms with E-state index in [4.69, 9.17) is 25.8 Å². The van der Waals surface area contributed by atoms with Crippen molar-refractivity contribution < 1.29 is 14.2 Å². The van der Waals surface area contributed by atoms with Gasteiger partial charge in [-0.2, -0.15) is 0 Å². The molecular weight excluding hydrogens is 252 g/mol. The third-order valence-corrected chi connectivity index (χ3v) is 2.63. The van der Waals surface area contributed by atoms with Crippen LogP contribution in [0.4, 0.5) is 0 Å². The molecule has 0 heterocycles. The smallest absolute Gasteiger partial charge is 0.127 e. The van der Waals surface area contributed by atoms with Gasteiger partial charge in [-0.1, -0.05) is 13.0 Å². The highest BCUT2D eigenvalue weighted by Crippen LogP contribution is 2.26. The second-order valence-electron chi connectivity index (χ2n) is 3.80. The largest absolute Gasteiger partial charge is 0.493 e. The zero-order chi connectivity index (χ0) is 13.2. The maximum absolute atomic E-state index is 5.88. The van der Waals surface area contributed by atoms with Crippen LogP contribution < -0.4 is 9.47 Å². The summed E-state index contributed by atoms with van der Waals surface area (Å²) in [6.45, 7) is 6.55. The Morgan fingerprint density at radius 2 is 1.89 bits per heavy atom. The fourth-order valence-electron chi connectivity index (χ4n) is 1.44. The van der Waals surface area contributed by atoms with Crippen molar-refractivity contribution in [2.75, 3.05) is 26.4 Å². The van der Waals surface area contributed by atoms with E-state index in [1.807, 2.05) is 25.1 Å². The van der Waals surface area contributed by atoms with E-state index < -0.39 is 0 Å². The van der Waals surface area contributed by atoms with E-state index in [0.717, 1.165) is 23.5 Å². The summed E-state index contributed by atoms with van der Waals surface area (Å²) in [5, 5.41) is 0. The molecule has 102 valence electrons. The van der Waals surface area contributed by atoms with Gasteiger partial charge in [-0.3, -0.25) is 0 Å². The Morgan fingerprint density at radius 1 is 1.06 bits per heavy atom. The third kappa shape index (κ3) is 5.15. The number of alkyl halides is 1. The van der Waals surface area contributed by atoms with Gasteiger partial charge in [0.05, 0.1) is 19.1 Å². The highest BCUT2D eigenvalue weighted by Gasteiger charge is 2.05. The lowest BCUT2D eigenvalue weighted by Crippen LogP contribution is -2.07. The SMILES string of the molecule is CCCOc1ccc(CCl)c(OCCOCC)c1. The van der Waals surface area contributed by atoms with E-state index in [0.29, 0.717) is 32.3 Å². The fourth-order valence-corrected chi connectivity index (χ4v) is 1.67. The number of halogens is 1. The van der Waals surface area contributed by atoms with Crippen molar-refractivity contribution in [3.05, 3.63) is 23.8 Å². The van der Waals surface area contributed by atoms with Crippen LogP contribution in [0.2, 0.25) is 0 Å². The van der Waals surface area contributed by atoms with Gasteiger partial charge in [0.15, 0.2) is 0 Å². The summed E-state index contributed by atoms with van der Waals surface area (Å²) in [4.78, 5) is 0. The predicted molar refractivity (Wildman–Crippen MR) is 73.8 cm³/mol. The van der Waals surface area contributed by atoms with Crippen LogP contribution in [-0.4, -0.2) is 26.4 Å². The first kappa shape index (κ1) is 15.1. The summed E-state index contributed by atoms with van der Waals surface area (Å²) in [6.07, 6.45) is 0.984. The summed E-state index contributed by atoms with van der Waals surface area (Å²) in [6, 6.07) is 5.75. The molecule has 0 radical (unpaired) electrons. The molecule has 3 nitrogen and oxygen atoms in total. The molecule has 0 aromatic heterocycles. The second-order valence-corrected chi connectivity index (χ2v) is 4.06. The lowest BCUT2D eigenvalue weighted by atomic mass is 10.2. The Kier molecular flexibility index (Phi) is 7.62. The van der Waals surface area contributed by atoms with Gasteiger partial charge in [0, 0.05) is 18.2 Å². The van der Waals surface area contributed by atoms with Crippen LogP contribution >= 0.6 is 11.6 Å². The van der Waals surface area contributed by atoms with Crippen molar-refractivity contribution in [3.8, 4) is 11.5 Å². The van der Waals surface area contributed by atoms with E-state index in [9.17, 15) is 0 Å². The zero-order valence-corrected chi connectivity index (χ0v) is 11.8. The van der Waals surface area contributed by atoms with Gasteiger partial charge >= 0.3 is 0 Å². The topological polar surface area (TPSA) is 27.7 Å². The van der Waals surface area contributed by atoms with Gasteiger partial charge in [-0.15, -0.1) is 11.6 Å².